The van der Waals surface area contributed by atoms with E-state index in [1.807, 2.05) is 27.7 Å². The Labute approximate surface area is 130 Å². The number of nitroso groups, excluding NO2 is 1. The van der Waals surface area contributed by atoms with Crippen LogP contribution in [-0.2, 0) is 0 Å². The van der Waals surface area contributed by atoms with E-state index in [4.69, 9.17) is 11.6 Å². The van der Waals surface area contributed by atoms with E-state index in [0.717, 1.165) is 5.01 Å². The highest BCUT2D eigenvalue weighted by Crippen LogP contribution is 2.38. The van der Waals surface area contributed by atoms with Crippen molar-refractivity contribution >= 4 is 17.6 Å². The molecule has 0 atom stereocenters. The molecule has 122 valence electrons. The number of alkyl halides is 1. The molecule has 0 saturated carbocycles. The van der Waals surface area contributed by atoms with Crippen LogP contribution in [0, 0.1) is 4.91 Å². The summed E-state index contributed by atoms with van der Waals surface area (Å²) >= 11 is 5.57. The van der Waals surface area contributed by atoms with Crippen LogP contribution in [-0.4, -0.2) is 62.8 Å². The van der Waals surface area contributed by atoms with E-state index in [-0.39, 0.29) is 18.5 Å². The molecular weight excluding hydrogens is 296 g/mol. The first kappa shape index (κ1) is 18.1. The summed E-state index contributed by atoms with van der Waals surface area (Å²) in [5, 5.41) is 15.2. The second-order valence-corrected chi connectivity index (χ2v) is 7.16. The van der Waals surface area contributed by atoms with E-state index in [0.29, 0.717) is 12.8 Å². The van der Waals surface area contributed by atoms with Crippen LogP contribution < -0.4 is 0 Å². The quantitative estimate of drug-likeness (QED) is 0.491. The summed E-state index contributed by atoms with van der Waals surface area (Å²) in [7, 11) is 1.65. The molecule has 1 fully saturated rings. The molecule has 1 saturated heterocycles. The molecule has 1 N–H and O–H groups in total. The van der Waals surface area contributed by atoms with Gasteiger partial charge in [0.15, 0.2) is 0 Å². The lowest BCUT2D eigenvalue weighted by Crippen LogP contribution is -2.63. The highest BCUT2D eigenvalue weighted by atomic mass is 35.5. The zero-order chi connectivity index (χ0) is 16.4. The Morgan fingerprint density at radius 2 is 1.81 bits per heavy atom. The molecule has 0 aromatic rings. The number of amides is 2. The molecule has 0 spiro atoms. The van der Waals surface area contributed by atoms with Crippen molar-refractivity contribution < 1.29 is 10.0 Å². The average Bonchev–Trinajstić information content (AvgIpc) is 2.39. The van der Waals surface area contributed by atoms with Crippen LogP contribution in [0.15, 0.2) is 5.29 Å². The Balaban J connectivity index is 2.89. The van der Waals surface area contributed by atoms with Gasteiger partial charge >= 0.3 is 6.03 Å². The summed E-state index contributed by atoms with van der Waals surface area (Å²) in [5.74, 6) is 0.150. The van der Waals surface area contributed by atoms with Crippen LogP contribution in [0.3, 0.4) is 0 Å². The second kappa shape index (κ2) is 6.46. The van der Waals surface area contributed by atoms with E-state index in [1.54, 1.807) is 7.05 Å². The maximum Gasteiger partial charge on any atom is 0.343 e. The molecule has 7 nitrogen and oxygen atoms in total. The molecule has 1 heterocycles. The van der Waals surface area contributed by atoms with Gasteiger partial charge < -0.3 is 10.1 Å². The van der Waals surface area contributed by atoms with Gasteiger partial charge in [-0.25, -0.2) is 4.79 Å². The SMILES string of the molecule is CN(C(=O)N(CCCl)N=O)C1CC(C)(C)N(O)C(C)(C)C1. The second-order valence-electron chi connectivity index (χ2n) is 6.79. The number of nitrogens with zero attached hydrogens (tertiary/aromatic N) is 4. The lowest BCUT2D eigenvalue weighted by Gasteiger charge is -2.53. The van der Waals surface area contributed by atoms with Gasteiger partial charge in [0.05, 0.1) is 11.8 Å². The smallest absolute Gasteiger partial charge is 0.323 e. The lowest BCUT2D eigenvalue weighted by molar-refractivity contribution is -0.250. The Bertz CT molecular complexity index is 385. The van der Waals surface area contributed by atoms with Gasteiger partial charge in [-0.3, -0.25) is 0 Å². The predicted octanol–water partition coefficient (Wildman–Crippen LogP) is 2.67. The average molecular weight is 321 g/mol. The van der Waals surface area contributed by atoms with E-state index < -0.39 is 17.1 Å². The highest BCUT2D eigenvalue weighted by Gasteiger charge is 2.47. The Morgan fingerprint density at radius 1 is 1.33 bits per heavy atom. The summed E-state index contributed by atoms with van der Waals surface area (Å²) < 4.78 is 0. The fourth-order valence-corrected chi connectivity index (χ4v) is 3.24. The molecule has 8 heteroatoms. The minimum Gasteiger partial charge on any atom is -0.323 e. The maximum absolute atomic E-state index is 12.3. The molecule has 0 radical (unpaired) electrons. The van der Waals surface area contributed by atoms with E-state index in [1.165, 1.54) is 9.96 Å². The number of piperidine rings is 1. The van der Waals surface area contributed by atoms with Crippen molar-refractivity contribution in [3.8, 4) is 0 Å². The Hall–Kier alpha value is -0.920. The topological polar surface area (TPSA) is 76.5 Å². The minimum absolute atomic E-state index is 0.0832. The fraction of sp³-hybridized carbons (Fsp3) is 0.923. The van der Waals surface area contributed by atoms with Gasteiger partial charge in [-0.05, 0) is 40.5 Å². The van der Waals surface area contributed by atoms with E-state index in [2.05, 4.69) is 5.29 Å². The van der Waals surface area contributed by atoms with Gasteiger partial charge in [0.2, 0.25) is 0 Å². The van der Waals surface area contributed by atoms with Gasteiger partial charge in [0.1, 0.15) is 0 Å². The highest BCUT2D eigenvalue weighted by molar-refractivity contribution is 6.18. The molecule has 0 aliphatic carbocycles. The molecule has 2 amide bonds. The fourth-order valence-electron chi connectivity index (χ4n) is 3.08. The van der Waals surface area contributed by atoms with Crippen molar-refractivity contribution in [2.45, 2.75) is 57.7 Å². The molecule has 0 unspecified atom stereocenters. The largest absolute Gasteiger partial charge is 0.343 e. The number of rotatable bonds is 4. The first-order valence-corrected chi connectivity index (χ1v) is 7.53. The number of hydroxylamine groups is 2. The maximum atomic E-state index is 12.3. The Morgan fingerprint density at radius 3 is 2.19 bits per heavy atom. The third-order valence-corrected chi connectivity index (χ3v) is 4.25. The zero-order valence-electron chi connectivity index (χ0n) is 13.3. The summed E-state index contributed by atoms with van der Waals surface area (Å²) in [5.41, 5.74) is -0.931. The van der Waals surface area contributed by atoms with Gasteiger partial charge in [-0.1, -0.05) is 0 Å². The number of hydrogen-bond donors (Lipinski definition) is 1. The van der Waals surface area contributed by atoms with Crippen LogP contribution in [0.5, 0.6) is 0 Å². The van der Waals surface area contributed by atoms with Crippen molar-refractivity contribution in [2.75, 3.05) is 19.5 Å². The third kappa shape index (κ3) is 3.84. The van der Waals surface area contributed by atoms with Crippen molar-refractivity contribution in [1.82, 2.24) is 15.0 Å². The van der Waals surface area contributed by atoms with Crippen LogP contribution >= 0.6 is 11.6 Å². The molecule has 1 rings (SSSR count). The lowest BCUT2D eigenvalue weighted by atomic mass is 9.78. The van der Waals surface area contributed by atoms with Crippen molar-refractivity contribution in [3.05, 3.63) is 4.91 Å². The Kier molecular flexibility index (Phi) is 5.57. The molecule has 1 aliphatic rings. The summed E-state index contributed by atoms with van der Waals surface area (Å²) in [4.78, 5) is 24.6. The van der Waals surface area contributed by atoms with Crippen LogP contribution in [0.25, 0.3) is 0 Å². The number of carbonyl (C=O) groups is 1. The number of hydrogen-bond acceptors (Lipinski definition) is 5. The molecule has 0 aromatic carbocycles. The number of carbonyl (C=O) groups excluding carboxylic acids is 1. The zero-order valence-corrected chi connectivity index (χ0v) is 14.1. The summed E-state index contributed by atoms with van der Waals surface area (Å²) in [6.07, 6.45) is 1.20. The molecule has 21 heavy (non-hydrogen) atoms. The van der Waals surface area contributed by atoms with Crippen LogP contribution in [0.1, 0.15) is 40.5 Å². The molecule has 0 aromatic heterocycles. The van der Waals surface area contributed by atoms with Crippen molar-refractivity contribution in [1.29, 1.82) is 0 Å². The van der Waals surface area contributed by atoms with Crippen molar-refractivity contribution in [2.24, 2.45) is 5.29 Å². The molecule has 1 aliphatic heterocycles. The van der Waals surface area contributed by atoms with Crippen LogP contribution in [0.2, 0.25) is 0 Å². The summed E-state index contributed by atoms with van der Waals surface area (Å²) in [6, 6.07) is -0.556. The number of halogens is 1. The van der Waals surface area contributed by atoms with E-state index >= 15 is 0 Å². The number of urea groups is 1. The van der Waals surface area contributed by atoms with Gasteiger partial charge in [-0.15, -0.1) is 16.5 Å². The van der Waals surface area contributed by atoms with Gasteiger partial charge in [0.25, 0.3) is 0 Å². The standard InChI is InChI=1S/C13H25ClN4O3/c1-12(2)8-10(9-13(3,4)18(12)21)16(5)11(19)17(15-20)7-6-14/h10,21H,6-9H2,1-5H3. The van der Waals surface area contributed by atoms with Gasteiger partial charge in [-0.2, -0.15) is 10.1 Å². The molecule has 0 bridgehead atoms. The van der Waals surface area contributed by atoms with Crippen LogP contribution in [0.4, 0.5) is 4.79 Å². The minimum atomic E-state index is -0.465. The first-order valence-electron chi connectivity index (χ1n) is 6.99. The van der Waals surface area contributed by atoms with Crippen molar-refractivity contribution in [3.63, 3.8) is 0 Å². The monoisotopic (exact) mass is 320 g/mol. The normalized spacial score (nSPS) is 21.9. The first-order chi connectivity index (χ1) is 9.56. The van der Waals surface area contributed by atoms with Gasteiger partial charge in [0, 0.05) is 30.0 Å². The summed E-state index contributed by atoms with van der Waals surface area (Å²) in [6.45, 7) is 7.78. The predicted molar refractivity (Wildman–Crippen MR) is 81.2 cm³/mol. The third-order valence-electron chi connectivity index (χ3n) is 4.08. The molecular formula is C13H25ClN4O3. The van der Waals surface area contributed by atoms with E-state index in [9.17, 15) is 14.9 Å².